The molecule has 0 unspecified atom stereocenters. The second-order valence-corrected chi connectivity index (χ2v) is 5.21. The molecule has 0 radical (unpaired) electrons. The third-order valence-corrected chi connectivity index (χ3v) is 3.71. The highest BCUT2D eigenvalue weighted by atomic mass is 19.1. The van der Waals surface area contributed by atoms with Crippen molar-refractivity contribution in [1.29, 1.82) is 0 Å². The molecule has 120 valence electrons. The lowest BCUT2D eigenvalue weighted by Gasteiger charge is -2.19. The van der Waals surface area contributed by atoms with Gasteiger partial charge >= 0.3 is 0 Å². The Morgan fingerprint density at radius 3 is 2.13 bits per heavy atom. The maximum atomic E-state index is 14.5. The Balaban J connectivity index is 2.04. The normalized spacial score (nSPS) is 11.2. The van der Waals surface area contributed by atoms with Crippen LogP contribution in [0.4, 0.5) is 10.2 Å². The maximum Gasteiger partial charge on any atom is 0.186 e. The summed E-state index contributed by atoms with van der Waals surface area (Å²) in [4.78, 5) is 16.7. The molecule has 0 amide bonds. The van der Waals surface area contributed by atoms with E-state index in [0.29, 0.717) is 12.1 Å². The summed E-state index contributed by atoms with van der Waals surface area (Å²) in [6, 6.07) is -0.427. The third-order valence-electron chi connectivity index (χ3n) is 3.71. The van der Waals surface area contributed by atoms with Crippen molar-refractivity contribution < 1.29 is 4.39 Å². The van der Waals surface area contributed by atoms with Gasteiger partial charge < -0.3 is 14.5 Å². The number of halogens is 1. The Morgan fingerprint density at radius 1 is 1.04 bits per heavy atom. The summed E-state index contributed by atoms with van der Waals surface area (Å²) in [7, 11) is 3.77. The molecule has 0 spiro atoms. The van der Waals surface area contributed by atoms with Gasteiger partial charge in [0.1, 0.15) is 24.0 Å². The standard InChI is InChI=1S/C15H18FN7/c1-4-10-11(16)13(20-9-19-10)21-12(14-17-5-7-22(14)2)15-18-6-8-23(15)3/h5-9,12H,4H2,1-3H3,(H,19,20,21). The first kappa shape index (κ1) is 15.1. The lowest BCUT2D eigenvalue weighted by atomic mass is 10.2. The summed E-state index contributed by atoms with van der Waals surface area (Å²) in [6.07, 6.45) is 8.92. The molecule has 1 N–H and O–H groups in total. The molecule has 3 heterocycles. The predicted molar refractivity (Wildman–Crippen MR) is 83.2 cm³/mol. The van der Waals surface area contributed by atoms with E-state index in [1.165, 1.54) is 6.33 Å². The molecule has 3 aromatic heterocycles. The Hall–Kier alpha value is -2.77. The fourth-order valence-corrected chi connectivity index (χ4v) is 2.45. The second kappa shape index (κ2) is 6.15. The van der Waals surface area contributed by atoms with Gasteiger partial charge in [-0.25, -0.2) is 24.3 Å². The van der Waals surface area contributed by atoms with Crippen LogP contribution in [0.3, 0.4) is 0 Å². The third kappa shape index (κ3) is 2.79. The average Bonchev–Trinajstić information content (AvgIpc) is 3.15. The van der Waals surface area contributed by atoms with Gasteiger partial charge in [0.2, 0.25) is 0 Å². The number of aryl methyl sites for hydroxylation is 3. The molecule has 23 heavy (non-hydrogen) atoms. The van der Waals surface area contributed by atoms with Crippen molar-refractivity contribution in [3.8, 4) is 0 Å². The molecule has 7 nitrogen and oxygen atoms in total. The molecule has 8 heteroatoms. The molecule has 0 atom stereocenters. The Bertz CT molecular complexity index is 768. The van der Waals surface area contributed by atoms with E-state index < -0.39 is 11.9 Å². The summed E-state index contributed by atoms with van der Waals surface area (Å²) in [5.74, 6) is 1.14. The van der Waals surface area contributed by atoms with E-state index >= 15 is 0 Å². The van der Waals surface area contributed by atoms with Gasteiger partial charge in [-0.15, -0.1) is 0 Å². The van der Waals surface area contributed by atoms with Crippen molar-refractivity contribution in [1.82, 2.24) is 29.1 Å². The first-order valence-electron chi connectivity index (χ1n) is 7.32. The Morgan fingerprint density at radius 2 is 1.65 bits per heavy atom. The number of hydrogen-bond donors (Lipinski definition) is 1. The van der Waals surface area contributed by atoms with Crippen LogP contribution >= 0.6 is 0 Å². The van der Waals surface area contributed by atoms with Crippen molar-refractivity contribution in [3.05, 3.63) is 54.3 Å². The quantitative estimate of drug-likeness (QED) is 0.778. The zero-order valence-corrected chi connectivity index (χ0v) is 13.2. The molecule has 0 saturated heterocycles. The molecule has 0 bridgehead atoms. The second-order valence-electron chi connectivity index (χ2n) is 5.21. The summed E-state index contributed by atoms with van der Waals surface area (Å²) in [6.45, 7) is 1.85. The number of rotatable bonds is 5. The molecule has 0 fully saturated rings. The van der Waals surface area contributed by atoms with Gasteiger partial charge in [0.15, 0.2) is 11.6 Å². The van der Waals surface area contributed by atoms with Crippen LogP contribution in [0.1, 0.15) is 30.3 Å². The van der Waals surface area contributed by atoms with E-state index in [0.717, 1.165) is 11.6 Å². The van der Waals surface area contributed by atoms with Gasteiger partial charge in [0, 0.05) is 38.9 Å². The van der Waals surface area contributed by atoms with Gasteiger partial charge in [-0.2, -0.15) is 0 Å². The largest absolute Gasteiger partial charge is 0.351 e. The van der Waals surface area contributed by atoms with E-state index in [9.17, 15) is 4.39 Å². The highest BCUT2D eigenvalue weighted by molar-refractivity contribution is 5.41. The molecular formula is C15H18FN7. The summed E-state index contributed by atoms with van der Waals surface area (Å²) in [5.41, 5.74) is 0.376. The molecule has 0 aliphatic carbocycles. The number of hydrogen-bond acceptors (Lipinski definition) is 5. The van der Waals surface area contributed by atoms with Gasteiger partial charge in [0.05, 0.1) is 5.69 Å². The van der Waals surface area contributed by atoms with Crippen LogP contribution in [-0.2, 0) is 20.5 Å². The van der Waals surface area contributed by atoms with Gasteiger partial charge in [0.25, 0.3) is 0 Å². The summed E-state index contributed by atoms with van der Waals surface area (Å²) < 4.78 is 18.2. The Kier molecular flexibility index (Phi) is 4.05. The monoisotopic (exact) mass is 315 g/mol. The first-order chi connectivity index (χ1) is 11.1. The molecular weight excluding hydrogens is 297 g/mol. The average molecular weight is 315 g/mol. The lowest BCUT2D eigenvalue weighted by Crippen LogP contribution is -2.21. The van der Waals surface area contributed by atoms with Crippen molar-refractivity contribution in [2.45, 2.75) is 19.4 Å². The van der Waals surface area contributed by atoms with Crippen LogP contribution in [0, 0.1) is 5.82 Å². The van der Waals surface area contributed by atoms with Gasteiger partial charge in [-0.05, 0) is 6.42 Å². The minimum Gasteiger partial charge on any atom is -0.351 e. The van der Waals surface area contributed by atoms with Crippen molar-refractivity contribution in [3.63, 3.8) is 0 Å². The van der Waals surface area contributed by atoms with Crippen LogP contribution in [0.25, 0.3) is 0 Å². The van der Waals surface area contributed by atoms with E-state index in [-0.39, 0.29) is 5.82 Å². The van der Waals surface area contributed by atoms with Crippen LogP contribution in [0.15, 0.2) is 31.1 Å². The zero-order valence-electron chi connectivity index (χ0n) is 13.2. The molecule has 0 aliphatic heterocycles. The highest BCUT2D eigenvalue weighted by Crippen LogP contribution is 2.25. The van der Waals surface area contributed by atoms with Crippen LogP contribution in [0.5, 0.6) is 0 Å². The van der Waals surface area contributed by atoms with E-state index in [4.69, 9.17) is 0 Å². The van der Waals surface area contributed by atoms with Crippen molar-refractivity contribution in [2.24, 2.45) is 14.1 Å². The minimum atomic E-state index is -0.441. The Labute approximate surface area is 133 Å². The maximum absolute atomic E-state index is 14.5. The number of nitrogens with one attached hydrogen (secondary N) is 1. The zero-order chi connectivity index (χ0) is 16.4. The van der Waals surface area contributed by atoms with Crippen LogP contribution in [-0.4, -0.2) is 29.1 Å². The van der Waals surface area contributed by atoms with Crippen molar-refractivity contribution >= 4 is 5.82 Å². The fourth-order valence-electron chi connectivity index (χ4n) is 2.45. The molecule has 3 rings (SSSR count). The van der Waals surface area contributed by atoms with Crippen LogP contribution in [0.2, 0.25) is 0 Å². The SMILES string of the molecule is CCc1ncnc(NC(c2nccn2C)c2nccn2C)c1F. The highest BCUT2D eigenvalue weighted by Gasteiger charge is 2.24. The lowest BCUT2D eigenvalue weighted by molar-refractivity contribution is 0.589. The topological polar surface area (TPSA) is 73.5 Å². The van der Waals surface area contributed by atoms with Gasteiger partial charge in [-0.3, -0.25) is 0 Å². The fraction of sp³-hybridized carbons (Fsp3) is 0.333. The number of anilines is 1. The minimum absolute atomic E-state index is 0.146. The molecule has 0 aliphatic rings. The van der Waals surface area contributed by atoms with Gasteiger partial charge in [-0.1, -0.05) is 6.92 Å². The number of nitrogens with zero attached hydrogens (tertiary/aromatic N) is 6. The van der Waals surface area contributed by atoms with E-state index in [2.05, 4.69) is 25.3 Å². The van der Waals surface area contributed by atoms with E-state index in [1.54, 1.807) is 12.4 Å². The molecule has 0 aromatic carbocycles. The molecule has 3 aromatic rings. The first-order valence-corrected chi connectivity index (χ1v) is 7.32. The molecule has 0 saturated carbocycles. The number of imidazole rings is 2. The van der Waals surface area contributed by atoms with Crippen molar-refractivity contribution in [2.75, 3.05) is 5.32 Å². The van der Waals surface area contributed by atoms with E-state index in [1.807, 2.05) is 42.5 Å². The summed E-state index contributed by atoms with van der Waals surface area (Å²) in [5, 5.41) is 3.12. The predicted octanol–water partition coefficient (Wildman–Crippen LogP) is 1.85. The smallest absolute Gasteiger partial charge is 0.186 e. The van der Waals surface area contributed by atoms with Crippen LogP contribution < -0.4 is 5.32 Å². The number of aromatic nitrogens is 6. The summed E-state index contributed by atoms with van der Waals surface area (Å²) >= 11 is 0.